The number of nitrogens with one attached hydrogen (secondary N) is 1. The Bertz CT molecular complexity index is 790. The van der Waals surface area contributed by atoms with Gasteiger partial charge in [0.2, 0.25) is 10.0 Å². The van der Waals surface area contributed by atoms with Gasteiger partial charge in [-0.1, -0.05) is 11.6 Å². The van der Waals surface area contributed by atoms with Gasteiger partial charge in [0, 0.05) is 17.5 Å². The molecule has 8 heteroatoms. The smallest absolute Gasteiger partial charge is 0.250 e. The second-order valence-electron chi connectivity index (χ2n) is 6.35. The van der Waals surface area contributed by atoms with Crippen LogP contribution in [0.3, 0.4) is 0 Å². The summed E-state index contributed by atoms with van der Waals surface area (Å²) in [6.45, 7) is 3.78. The molecule has 2 aromatic heterocycles. The van der Waals surface area contributed by atoms with Crippen molar-refractivity contribution in [2.24, 2.45) is 5.92 Å². The van der Waals surface area contributed by atoms with Crippen molar-refractivity contribution in [1.82, 2.24) is 9.88 Å². The van der Waals surface area contributed by atoms with Gasteiger partial charge < -0.3 is 9.63 Å². The summed E-state index contributed by atoms with van der Waals surface area (Å²) in [5, 5.41) is 13.2. The topological polar surface area (TPSA) is 92.4 Å². The summed E-state index contributed by atoms with van der Waals surface area (Å²) in [5.74, 6) is 0.872. The molecule has 0 saturated heterocycles. The van der Waals surface area contributed by atoms with Crippen molar-refractivity contribution in [3.8, 4) is 10.4 Å². The van der Waals surface area contributed by atoms with Crippen LogP contribution in [0.15, 0.2) is 20.9 Å². The number of rotatable bonds is 5. The van der Waals surface area contributed by atoms with Crippen LogP contribution in [0.2, 0.25) is 0 Å². The molecule has 1 aliphatic rings. The Kier molecular flexibility index (Phi) is 5.10. The highest BCUT2D eigenvalue weighted by atomic mass is 32.2. The van der Waals surface area contributed by atoms with Crippen molar-refractivity contribution in [1.29, 1.82) is 0 Å². The van der Waals surface area contributed by atoms with E-state index in [-0.39, 0.29) is 18.6 Å². The fraction of sp³-hybridized carbons (Fsp3) is 0.562. The van der Waals surface area contributed by atoms with Crippen molar-refractivity contribution in [2.45, 2.75) is 49.8 Å². The molecular formula is C16H22N2O4S2. The molecular weight excluding hydrogens is 348 g/mol. The number of aliphatic hydroxyl groups is 1. The van der Waals surface area contributed by atoms with Crippen molar-refractivity contribution in [3.63, 3.8) is 0 Å². The van der Waals surface area contributed by atoms with Crippen LogP contribution in [-0.4, -0.2) is 31.3 Å². The maximum atomic E-state index is 12.6. The molecule has 0 aromatic carbocycles. The monoisotopic (exact) mass is 370 g/mol. The van der Waals surface area contributed by atoms with E-state index >= 15 is 0 Å². The first-order chi connectivity index (χ1) is 11.4. The number of nitrogens with zero attached hydrogens (tertiary/aromatic N) is 1. The van der Waals surface area contributed by atoms with E-state index in [1.807, 2.05) is 13.8 Å². The zero-order valence-electron chi connectivity index (χ0n) is 13.8. The summed E-state index contributed by atoms with van der Waals surface area (Å²) in [5.41, 5.74) is 1.61. The van der Waals surface area contributed by atoms with Gasteiger partial charge in [-0.3, -0.25) is 0 Å². The zero-order valence-corrected chi connectivity index (χ0v) is 15.4. The second kappa shape index (κ2) is 6.95. The predicted octanol–water partition coefficient (Wildman–Crippen LogP) is 2.85. The Morgan fingerprint density at radius 1 is 1.38 bits per heavy atom. The number of thiophene rings is 1. The molecule has 24 heavy (non-hydrogen) atoms. The normalized spacial score (nSPS) is 22.0. The van der Waals surface area contributed by atoms with Crippen LogP contribution in [0.25, 0.3) is 10.4 Å². The van der Waals surface area contributed by atoms with Crippen molar-refractivity contribution < 1.29 is 18.0 Å². The quantitative estimate of drug-likeness (QED) is 0.844. The summed E-state index contributed by atoms with van der Waals surface area (Å²) in [6.07, 6.45) is 3.41. The van der Waals surface area contributed by atoms with Crippen molar-refractivity contribution in [3.05, 3.63) is 23.6 Å². The van der Waals surface area contributed by atoms with Gasteiger partial charge in [-0.15, -0.1) is 11.3 Å². The Morgan fingerprint density at radius 3 is 2.83 bits per heavy atom. The van der Waals surface area contributed by atoms with Crippen LogP contribution in [0.4, 0.5) is 0 Å². The molecule has 2 atom stereocenters. The third-order valence-corrected chi connectivity index (χ3v) is 7.60. The average Bonchev–Trinajstić information content (AvgIpc) is 3.14. The highest BCUT2D eigenvalue weighted by molar-refractivity contribution is 7.91. The lowest BCUT2D eigenvalue weighted by atomic mass is 9.87. The number of hydrogen-bond acceptors (Lipinski definition) is 6. The zero-order chi connectivity index (χ0) is 17.3. The SMILES string of the molecule is Cc1noc(C)c1-c1ccc(S(=O)(=O)N[C@@H]2CCC[C@@H](CO)C2)s1. The van der Waals surface area contributed by atoms with E-state index in [0.717, 1.165) is 35.4 Å². The molecule has 6 nitrogen and oxygen atoms in total. The molecule has 0 radical (unpaired) electrons. The molecule has 2 aromatic rings. The lowest BCUT2D eigenvalue weighted by Crippen LogP contribution is -2.38. The summed E-state index contributed by atoms with van der Waals surface area (Å²) in [7, 11) is -3.55. The average molecular weight is 370 g/mol. The summed E-state index contributed by atoms with van der Waals surface area (Å²) < 4.78 is 33.5. The van der Waals surface area contributed by atoms with E-state index in [1.165, 1.54) is 11.3 Å². The van der Waals surface area contributed by atoms with E-state index in [0.29, 0.717) is 16.4 Å². The minimum atomic E-state index is -3.55. The molecule has 0 spiro atoms. The maximum Gasteiger partial charge on any atom is 0.250 e. The van der Waals surface area contributed by atoms with Crippen LogP contribution in [-0.2, 0) is 10.0 Å². The van der Waals surface area contributed by atoms with Crippen molar-refractivity contribution in [2.75, 3.05) is 6.61 Å². The third kappa shape index (κ3) is 3.56. The van der Waals surface area contributed by atoms with E-state index in [1.54, 1.807) is 12.1 Å². The molecule has 1 fully saturated rings. The Hall–Kier alpha value is -1.22. The van der Waals surface area contributed by atoms with Crippen LogP contribution in [0.5, 0.6) is 0 Å². The van der Waals surface area contributed by atoms with E-state index in [2.05, 4.69) is 9.88 Å². The number of aliphatic hydroxyl groups excluding tert-OH is 1. The molecule has 0 bridgehead atoms. The predicted molar refractivity (Wildman–Crippen MR) is 92.4 cm³/mol. The Labute approximate surface area is 145 Å². The molecule has 1 saturated carbocycles. The molecule has 0 aliphatic heterocycles. The van der Waals surface area contributed by atoms with E-state index < -0.39 is 10.0 Å². The molecule has 2 heterocycles. The Morgan fingerprint density at radius 2 is 2.17 bits per heavy atom. The molecule has 0 amide bonds. The first-order valence-corrected chi connectivity index (χ1v) is 10.4. The van der Waals surface area contributed by atoms with Gasteiger partial charge in [0.05, 0.1) is 11.3 Å². The van der Waals surface area contributed by atoms with Gasteiger partial charge in [0.15, 0.2) is 0 Å². The van der Waals surface area contributed by atoms with Crippen LogP contribution < -0.4 is 4.72 Å². The van der Waals surface area contributed by atoms with Crippen LogP contribution in [0, 0.1) is 19.8 Å². The van der Waals surface area contributed by atoms with Crippen LogP contribution >= 0.6 is 11.3 Å². The number of hydrogen-bond donors (Lipinski definition) is 2. The van der Waals surface area contributed by atoms with Gasteiger partial charge in [-0.05, 0) is 51.2 Å². The fourth-order valence-electron chi connectivity index (χ4n) is 3.28. The second-order valence-corrected chi connectivity index (χ2v) is 9.38. The highest BCUT2D eigenvalue weighted by Crippen LogP contribution is 2.35. The van der Waals surface area contributed by atoms with Gasteiger partial charge >= 0.3 is 0 Å². The number of sulfonamides is 1. The number of aryl methyl sites for hydroxylation is 2. The highest BCUT2D eigenvalue weighted by Gasteiger charge is 2.27. The summed E-state index contributed by atoms with van der Waals surface area (Å²) in [6, 6.07) is 3.31. The third-order valence-electron chi connectivity index (χ3n) is 4.49. The molecule has 2 N–H and O–H groups in total. The lowest BCUT2D eigenvalue weighted by molar-refractivity contribution is 0.177. The van der Waals surface area contributed by atoms with E-state index in [9.17, 15) is 13.5 Å². The first-order valence-electron chi connectivity index (χ1n) is 8.07. The largest absolute Gasteiger partial charge is 0.396 e. The standard InChI is InChI=1S/C16H22N2O4S2/c1-10-16(11(2)22-17-10)14-6-7-15(23-14)24(20,21)18-13-5-3-4-12(8-13)9-19/h6-7,12-13,18-19H,3-5,8-9H2,1-2H3/t12-,13-/m1/s1. The number of aromatic nitrogens is 1. The molecule has 3 rings (SSSR count). The molecule has 0 unspecified atom stereocenters. The van der Waals surface area contributed by atoms with Gasteiger partial charge in [0.25, 0.3) is 0 Å². The van der Waals surface area contributed by atoms with Gasteiger partial charge in [-0.25, -0.2) is 13.1 Å². The maximum absolute atomic E-state index is 12.6. The van der Waals surface area contributed by atoms with Gasteiger partial charge in [0.1, 0.15) is 9.97 Å². The fourth-order valence-corrected chi connectivity index (χ4v) is 6.03. The lowest BCUT2D eigenvalue weighted by Gasteiger charge is -2.28. The molecule has 1 aliphatic carbocycles. The van der Waals surface area contributed by atoms with Crippen LogP contribution in [0.1, 0.15) is 37.1 Å². The minimum absolute atomic E-state index is 0.106. The van der Waals surface area contributed by atoms with Crippen molar-refractivity contribution >= 4 is 21.4 Å². The minimum Gasteiger partial charge on any atom is -0.396 e. The van der Waals surface area contributed by atoms with Gasteiger partial charge in [-0.2, -0.15) is 0 Å². The molecule has 132 valence electrons. The first kappa shape index (κ1) is 17.6. The van der Waals surface area contributed by atoms with E-state index in [4.69, 9.17) is 4.52 Å². The summed E-state index contributed by atoms with van der Waals surface area (Å²) in [4.78, 5) is 0.837. The Balaban J connectivity index is 1.79. The summed E-state index contributed by atoms with van der Waals surface area (Å²) >= 11 is 1.22.